The first-order valence-corrected chi connectivity index (χ1v) is 6.37. The number of carbonyl (C=O) groups is 1. The van der Waals surface area contributed by atoms with E-state index >= 15 is 0 Å². The Labute approximate surface area is 114 Å². The lowest BCUT2D eigenvalue weighted by Gasteiger charge is -2.11. The third-order valence-electron chi connectivity index (χ3n) is 3.03. The molecule has 8 nitrogen and oxygen atoms in total. The summed E-state index contributed by atoms with van der Waals surface area (Å²) < 4.78 is 5.34. The zero-order valence-corrected chi connectivity index (χ0v) is 10.7. The minimum absolute atomic E-state index is 0.00524. The molecule has 1 aromatic heterocycles. The van der Waals surface area contributed by atoms with Crippen molar-refractivity contribution in [3.05, 3.63) is 24.3 Å². The van der Waals surface area contributed by atoms with E-state index in [0.717, 1.165) is 25.1 Å². The highest BCUT2D eigenvalue weighted by atomic mass is 16.5. The lowest BCUT2D eigenvalue weighted by molar-refractivity contribution is -0.117. The molecule has 1 aliphatic rings. The first-order valence-electron chi connectivity index (χ1n) is 6.37. The number of rotatable bonds is 4. The van der Waals surface area contributed by atoms with Crippen LogP contribution < -0.4 is 15.4 Å². The average Bonchev–Trinajstić information content (AvgIpc) is 3.13. The summed E-state index contributed by atoms with van der Waals surface area (Å²) in [6, 6.07) is 7.05. The number of carbonyl (C=O) groups excluding carboxylic acids is 1. The van der Waals surface area contributed by atoms with Crippen LogP contribution in [-0.4, -0.2) is 39.1 Å². The minimum atomic E-state index is -0.0924. The fourth-order valence-electron chi connectivity index (χ4n) is 2.05. The lowest BCUT2D eigenvalue weighted by Crippen LogP contribution is -2.35. The summed E-state index contributed by atoms with van der Waals surface area (Å²) in [7, 11) is 0. The fourth-order valence-corrected chi connectivity index (χ4v) is 2.05. The summed E-state index contributed by atoms with van der Waals surface area (Å²) in [6.45, 7) is 0.898. The summed E-state index contributed by atoms with van der Waals surface area (Å²) in [5, 5.41) is 19.1. The molecule has 20 heavy (non-hydrogen) atoms. The molecule has 2 aromatic rings. The van der Waals surface area contributed by atoms with Gasteiger partial charge in [0.1, 0.15) is 5.75 Å². The highest BCUT2D eigenvalue weighted by Gasteiger charge is 2.21. The van der Waals surface area contributed by atoms with Crippen LogP contribution in [0.15, 0.2) is 24.3 Å². The third kappa shape index (κ3) is 2.91. The predicted octanol–water partition coefficient (Wildman–Crippen LogP) is 0.682. The van der Waals surface area contributed by atoms with E-state index in [9.17, 15) is 4.79 Å². The van der Waals surface area contributed by atoms with Gasteiger partial charge in [-0.25, -0.2) is 0 Å². The number of anilines is 1. The van der Waals surface area contributed by atoms with Crippen molar-refractivity contribution in [1.29, 1.82) is 0 Å². The Morgan fingerprint density at radius 3 is 2.85 bits per heavy atom. The molecule has 3 N–H and O–H groups in total. The number of nitrogens with one attached hydrogen (secondary N) is 3. The highest BCUT2D eigenvalue weighted by Crippen LogP contribution is 2.20. The van der Waals surface area contributed by atoms with E-state index in [1.54, 1.807) is 24.3 Å². The summed E-state index contributed by atoms with van der Waals surface area (Å²) in [4.78, 5) is 11.9. The van der Waals surface area contributed by atoms with Crippen LogP contribution in [0.3, 0.4) is 0 Å². The quantitative estimate of drug-likeness (QED) is 0.757. The predicted molar refractivity (Wildman–Crippen MR) is 70.3 cm³/mol. The fraction of sp³-hybridized carbons (Fsp3) is 0.333. The standard InChI is InChI=1S/C12H14N6O2/c19-11(10-2-1-7-13-10)14-8-3-5-9(6-4-8)20-12-15-17-18-16-12/h3-6,10,13H,1-2,7H2,(H,14,19)(H,15,16,17,18). The SMILES string of the molecule is O=C(Nc1ccc(Oc2nn[nH]n2)cc1)C1CCCN1. The molecule has 2 heterocycles. The van der Waals surface area contributed by atoms with Gasteiger partial charge >= 0.3 is 6.01 Å². The van der Waals surface area contributed by atoms with Crippen LogP contribution in [-0.2, 0) is 4.79 Å². The molecule has 1 atom stereocenters. The van der Waals surface area contributed by atoms with Crippen molar-refractivity contribution in [2.45, 2.75) is 18.9 Å². The van der Waals surface area contributed by atoms with Crippen LogP contribution in [0.2, 0.25) is 0 Å². The minimum Gasteiger partial charge on any atom is -0.422 e. The van der Waals surface area contributed by atoms with E-state index in [1.807, 2.05) is 0 Å². The average molecular weight is 274 g/mol. The van der Waals surface area contributed by atoms with Gasteiger partial charge in [-0.1, -0.05) is 10.2 Å². The maximum atomic E-state index is 11.9. The van der Waals surface area contributed by atoms with Crippen LogP contribution in [0.4, 0.5) is 5.69 Å². The van der Waals surface area contributed by atoms with Gasteiger partial charge in [-0.2, -0.15) is 5.21 Å². The number of benzene rings is 1. The van der Waals surface area contributed by atoms with E-state index < -0.39 is 0 Å². The Morgan fingerprint density at radius 2 is 2.20 bits per heavy atom. The van der Waals surface area contributed by atoms with Crippen molar-refractivity contribution in [3.63, 3.8) is 0 Å². The molecule has 0 spiro atoms. The Balaban J connectivity index is 1.59. The second-order valence-corrected chi connectivity index (χ2v) is 4.46. The number of H-pyrrole nitrogens is 1. The molecule has 1 amide bonds. The maximum Gasteiger partial charge on any atom is 0.361 e. The number of aromatic nitrogens is 4. The summed E-state index contributed by atoms with van der Waals surface area (Å²) in [5.74, 6) is 0.567. The van der Waals surface area contributed by atoms with Crippen molar-refractivity contribution >= 4 is 11.6 Å². The smallest absolute Gasteiger partial charge is 0.361 e. The molecule has 1 saturated heterocycles. The van der Waals surface area contributed by atoms with Gasteiger partial charge in [0.05, 0.1) is 6.04 Å². The lowest BCUT2D eigenvalue weighted by atomic mass is 10.2. The number of hydrogen-bond donors (Lipinski definition) is 3. The van der Waals surface area contributed by atoms with E-state index in [1.165, 1.54) is 0 Å². The van der Waals surface area contributed by atoms with Crippen molar-refractivity contribution in [3.8, 4) is 11.8 Å². The topological polar surface area (TPSA) is 105 Å². The van der Waals surface area contributed by atoms with Gasteiger partial charge in [0.25, 0.3) is 0 Å². The second-order valence-electron chi connectivity index (χ2n) is 4.46. The van der Waals surface area contributed by atoms with Gasteiger partial charge in [-0.05, 0) is 48.9 Å². The summed E-state index contributed by atoms with van der Waals surface area (Å²) in [5.41, 5.74) is 0.726. The molecule has 104 valence electrons. The van der Waals surface area contributed by atoms with Crippen molar-refractivity contribution < 1.29 is 9.53 Å². The molecule has 0 saturated carbocycles. The van der Waals surface area contributed by atoms with Gasteiger partial charge in [-0.15, -0.1) is 0 Å². The zero-order valence-electron chi connectivity index (χ0n) is 10.7. The van der Waals surface area contributed by atoms with E-state index in [-0.39, 0.29) is 18.0 Å². The number of nitrogens with zero attached hydrogens (tertiary/aromatic N) is 3. The molecule has 8 heteroatoms. The van der Waals surface area contributed by atoms with Crippen LogP contribution in [0.25, 0.3) is 0 Å². The van der Waals surface area contributed by atoms with Crippen LogP contribution in [0.1, 0.15) is 12.8 Å². The molecular weight excluding hydrogens is 260 g/mol. The van der Waals surface area contributed by atoms with Crippen molar-refractivity contribution in [2.24, 2.45) is 0 Å². The number of tetrazole rings is 1. The summed E-state index contributed by atoms with van der Waals surface area (Å²) in [6.07, 6.45) is 1.92. The monoisotopic (exact) mass is 274 g/mol. The molecule has 1 fully saturated rings. The van der Waals surface area contributed by atoms with Gasteiger partial charge in [0, 0.05) is 5.69 Å². The van der Waals surface area contributed by atoms with Crippen LogP contribution in [0, 0.1) is 0 Å². The molecule has 1 aliphatic heterocycles. The largest absolute Gasteiger partial charge is 0.422 e. The molecule has 3 rings (SSSR count). The number of hydrogen-bond acceptors (Lipinski definition) is 6. The Hall–Kier alpha value is -2.48. The van der Waals surface area contributed by atoms with Crippen LogP contribution >= 0.6 is 0 Å². The maximum absolute atomic E-state index is 11.9. The van der Waals surface area contributed by atoms with E-state index in [2.05, 4.69) is 31.3 Å². The Kier molecular flexibility index (Phi) is 3.55. The van der Waals surface area contributed by atoms with E-state index in [0.29, 0.717) is 5.75 Å². The first kappa shape index (κ1) is 12.5. The second kappa shape index (κ2) is 5.66. The van der Waals surface area contributed by atoms with Crippen LogP contribution in [0.5, 0.6) is 11.8 Å². The third-order valence-corrected chi connectivity index (χ3v) is 3.03. The van der Waals surface area contributed by atoms with E-state index in [4.69, 9.17) is 4.74 Å². The molecular formula is C12H14N6O2. The highest BCUT2D eigenvalue weighted by molar-refractivity contribution is 5.95. The van der Waals surface area contributed by atoms with Crippen molar-refractivity contribution in [1.82, 2.24) is 25.9 Å². The van der Waals surface area contributed by atoms with Gasteiger partial charge in [0.2, 0.25) is 5.91 Å². The first-order chi connectivity index (χ1) is 9.81. The zero-order chi connectivity index (χ0) is 13.8. The van der Waals surface area contributed by atoms with Gasteiger partial charge < -0.3 is 15.4 Å². The molecule has 0 aliphatic carbocycles. The normalized spacial score (nSPS) is 17.9. The summed E-state index contributed by atoms with van der Waals surface area (Å²) >= 11 is 0. The molecule has 0 radical (unpaired) electrons. The molecule has 1 unspecified atom stereocenters. The van der Waals surface area contributed by atoms with Gasteiger partial charge in [-0.3, -0.25) is 4.79 Å². The number of ether oxygens (including phenoxy) is 1. The number of amides is 1. The Bertz CT molecular complexity index is 562. The molecule has 1 aromatic carbocycles. The molecule has 0 bridgehead atoms. The number of aromatic amines is 1. The van der Waals surface area contributed by atoms with Crippen molar-refractivity contribution in [2.75, 3.05) is 11.9 Å². The Morgan fingerprint density at radius 1 is 1.35 bits per heavy atom. The van der Waals surface area contributed by atoms with Gasteiger partial charge in [0.15, 0.2) is 0 Å².